The molecule has 0 spiro atoms. The van der Waals surface area contributed by atoms with Gasteiger partial charge >= 0.3 is 0 Å². The summed E-state index contributed by atoms with van der Waals surface area (Å²) in [5.74, 6) is 0.0820. The highest BCUT2D eigenvalue weighted by Crippen LogP contribution is 2.13. The number of hydrogen-bond acceptors (Lipinski definition) is 5. The van der Waals surface area contributed by atoms with Crippen LogP contribution < -0.4 is 33.3 Å². The van der Waals surface area contributed by atoms with E-state index >= 15 is 0 Å². The highest BCUT2D eigenvalue weighted by atomic mass is 127. The summed E-state index contributed by atoms with van der Waals surface area (Å²) in [6.07, 6.45) is 26.0. The van der Waals surface area contributed by atoms with Gasteiger partial charge < -0.3 is 33.5 Å². The Morgan fingerprint density at radius 3 is 1.89 bits per heavy atom. The molecule has 7 nitrogen and oxygen atoms in total. The maximum atomic E-state index is 12.2. The lowest BCUT2D eigenvalue weighted by Gasteiger charge is -2.16. The van der Waals surface area contributed by atoms with Gasteiger partial charge in [-0.25, -0.2) is 17.7 Å². The van der Waals surface area contributed by atoms with Gasteiger partial charge in [-0.3, -0.25) is 4.98 Å². The molecule has 0 amide bonds. The van der Waals surface area contributed by atoms with Crippen molar-refractivity contribution in [3.05, 3.63) is 24.8 Å². The molecule has 0 radical (unpaired) electrons. The van der Waals surface area contributed by atoms with E-state index < -0.39 is 10.0 Å². The van der Waals surface area contributed by atoms with Crippen molar-refractivity contribution in [1.29, 1.82) is 0 Å². The zero-order valence-electron chi connectivity index (χ0n) is 22.8. The van der Waals surface area contributed by atoms with Crippen LogP contribution in [-0.2, 0) is 26.0 Å². The molecule has 36 heavy (non-hydrogen) atoms. The molecule has 1 aromatic heterocycles. The van der Waals surface area contributed by atoms with Crippen LogP contribution in [0.15, 0.2) is 24.8 Å². The normalized spacial score (nSPS) is 12.4. The Labute approximate surface area is 238 Å². The number of ether oxygens (including phenoxy) is 2. The average molecular weight is 642 g/mol. The van der Waals surface area contributed by atoms with E-state index in [1.807, 2.05) is 17.0 Å². The standard InChI is InChI=1S/C27H52N3O4S.HI/c1-3-4-5-6-7-8-9-10-11-12-13-14-15-16-23-34-26-27(33-2)25-29-35(31,32)24-17-20-30-21-18-28-19-22-30;/h18-19,21-22,27,29H,3-17,20,23-26H2,1-2H3;1H/q+1;/p-1. The third-order valence-corrected chi connectivity index (χ3v) is 7.76. The molecule has 1 atom stereocenters. The van der Waals surface area contributed by atoms with Crippen LogP contribution >= 0.6 is 0 Å². The van der Waals surface area contributed by atoms with Crippen LogP contribution in [0.4, 0.5) is 0 Å². The number of methoxy groups -OCH3 is 1. The first kappa shape index (κ1) is 35.6. The Hall–Kier alpha value is -0.360. The fourth-order valence-corrected chi connectivity index (χ4v) is 5.14. The molecular weight excluding hydrogens is 589 g/mol. The van der Waals surface area contributed by atoms with Crippen LogP contribution in [-0.4, -0.2) is 52.1 Å². The minimum Gasteiger partial charge on any atom is -1.00 e. The van der Waals surface area contributed by atoms with Crippen LogP contribution in [0.2, 0.25) is 0 Å². The molecule has 1 N–H and O–H groups in total. The van der Waals surface area contributed by atoms with E-state index in [1.165, 1.54) is 83.5 Å². The van der Waals surface area contributed by atoms with Crippen LogP contribution in [0, 0.1) is 0 Å². The van der Waals surface area contributed by atoms with Gasteiger partial charge in [0, 0.05) is 26.7 Å². The monoisotopic (exact) mass is 641 g/mol. The second-order valence-electron chi connectivity index (χ2n) is 9.53. The summed E-state index contributed by atoms with van der Waals surface area (Å²) in [5, 5.41) is 0. The number of unbranched alkanes of at least 4 members (excludes halogenated alkanes) is 13. The molecule has 0 aliphatic carbocycles. The summed E-state index contributed by atoms with van der Waals surface area (Å²) in [5.41, 5.74) is 0. The number of aromatic nitrogens is 2. The maximum absolute atomic E-state index is 12.2. The van der Waals surface area contributed by atoms with Gasteiger partial charge in [0.25, 0.3) is 0 Å². The third kappa shape index (κ3) is 21.7. The first-order valence-corrected chi connectivity index (χ1v) is 15.6. The van der Waals surface area contributed by atoms with Crippen molar-refractivity contribution in [3.8, 4) is 0 Å². The van der Waals surface area contributed by atoms with E-state index in [-0.39, 0.29) is 42.4 Å². The van der Waals surface area contributed by atoms with Crippen LogP contribution in [0.5, 0.6) is 0 Å². The molecule has 0 aromatic carbocycles. The molecule has 0 saturated heterocycles. The molecule has 0 fully saturated rings. The van der Waals surface area contributed by atoms with Crippen molar-refractivity contribution >= 4 is 10.0 Å². The number of halogens is 1. The Balaban J connectivity index is 0.0000122. The Morgan fingerprint density at radius 1 is 0.833 bits per heavy atom. The van der Waals surface area contributed by atoms with Crippen LogP contribution in [0.3, 0.4) is 0 Å². The van der Waals surface area contributed by atoms with Gasteiger partial charge in [-0.05, 0) is 6.42 Å². The predicted molar refractivity (Wildman–Crippen MR) is 143 cm³/mol. The molecule has 0 saturated carbocycles. The highest BCUT2D eigenvalue weighted by molar-refractivity contribution is 7.89. The molecule has 1 heterocycles. The number of hydrogen-bond donors (Lipinski definition) is 1. The molecule has 212 valence electrons. The lowest BCUT2D eigenvalue weighted by atomic mass is 10.0. The van der Waals surface area contributed by atoms with Gasteiger partial charge in [0.15, 0.2) is 12.4 Å². The van der Waals surface area contributed by atoms with Gasteiger partial charge in [-0.1, -0.05) is 90.4 Å². The van der Waals surface area contributed by atoms with E-state index in [4.69, 9.17) is 9.47 Å². The summed E-state index contributed by atoms with van der Waals surface area (Å²) in [7, 11) is -1.74. The van der Waals surface area contributed by atoms with Crippen molar-refractivity contribution < 1.29 is 46.4 Å². The lowest BCUT2D eigenvalue weighted by molar-refractivity contribution is -0.697. The van der Waals surface area contributed by atoms with Crippen LogP contribution in [0.1, 0.15) is 103 Å². The van der Waals surface area contributed by atoms with Gasteiger partial charge in [-0.15, -0.1) is 0 Å². The topological polar surface area (TPSA) is 81.4 Å². The van der Waals surface area contributed by atoms with Crippen molar-refractivity contribution in [2.45, 2.75) is 116 Å². The van der Waals surface area contributed by atoms with Gasteiger partial charge in [-0.2, -0.15) is 0 Å². The van der Waals surface area contributed by atoms with E-state index in [9.17, 15) is 8.42 Å². The third-order valence-electron chi connectivity index (χ3n) is 6.33. The smallest absolute Gasteiger partial charge is 0.211 e. The molecule has 1 unspecified atom stereocenters. The zero-order valence-corrected chi connectivity index (χ0v) is 25.8. The number of sulfonamides is 1. The highest BCUT2D eigenvalue weighted by Gasteiger charge is 2.15. The quantitative estimate of drug-likeness (QED) is 0.101. The molecule has 0 aliphatic heterocycles. The Bertz CT molecular complexity index is 696. The summed E-state index contributed by atoms with van der Waals surface area (Å²) >= 11 is 0. The number of nitrogens with one attached hydrogen (secondary N) is 1. The lowest BCUT2D eigenvalue weighted by Crippen LogP contribution is -3.00. The molecule has 0 bridgehead atoms. The summed E-state index contributed by atoms with van der Waals surface area (Å²) in [6, 6.07) is 0. The molecule has 9 heteroatoms. The number of nitrogens with zero attached hydrogens (tertiary/aromatic N) is 2. The van der Waals surface area contributed by atoms with E-state index in [2.05, 4.69) is 16.6 Å². The van der Waals surface area contributed by atoms with Crippen molar-refractivity contribution in [2.75, 3.05) is 32.6 Å². The van der Waals surface area contributed by atoms with Gasteiger partial charge in [0.1, 0.15) is 6.54 Å². The average Bonchev–Trinajstić information content (AvgIpc) is 2.86. The minimum atomic E-state index is -3.33. The molecular formula is C27H52IN3O4S. The number of aryl methyl sites for hydroxylation is 1. The second kappa shape index (κ2) is 24.9. The van der Waals surface area contributed by atoms with Gasteiger partial charge in [0.05, 0.1) is 30.9 Å². The van der Waals surface area contributed by atoms with E-state index in [0.717, 1.165) is 6.42 Å². The van der Waals surface area contributed by atoms with E-state index in [1.54, 1.807) is 19.5 Å². The van der Waals surface area contributed by atoms with E-state index in [0.29, 0.717) is 26.2 Å². The SMILES string of the molecule is CCCCCCCCCCCCCCCCOCC(CNS(=O)(=O)CCC[n+]1ccncc1)OC.[I-]. The maximum Gasteiger partial charge on any atom is 0.211 e. The minimum absolute atomic E-state index is 0. The second-order valence-corrected chi connectivity index (χ2v) is 11.5. The summed E-state index contributed by atoms with van der Waals surface area (Å²) in [6.45, 7) is 4.26. The molecule has 1 aromatic rings. The van der Waals surface area contributed by atoms with Crippen molar-refractivity contribution in [3.63, 3.8) is 0 Å². The van der Waals surface area contributed by atoms with Gasteiger partial charge in [0.2, 0.25) is 10.0 Å². The van der Waals surface area contributed by atoms with Crippen LogP contribution in [0.25, 0.3) is 0 Å². The first-order valence-electron chi connectivity index (χ1n) is 13.9. The fraction of sp³-hybridized carbons (Fsp3) is 0.852. The molecule has 0 aliphatic rings. The summed E-state index contributed by atoms with van der Waals surface area (Å²) in [4.78, 5) is 3.96. The largest absolute Gasteiger partial charge is 1.00 e. The zero-order chi connectivity index (χ0) is 25.5. The Morgan fingerprint density at radius 2 is 1.36 bits per heavy atom. The summed E-state index contributed by atoms with van der Waals surface area (Å²) < 4.78 is 40.1. The first-order chi connectivity index (χ1) is 17.1. The molecule has 1 rings (SSSR count). The van der Waals surface area contributed by atoms with Crippen molar-refractivity contribution in [1.82, 2.24) is 9.71 Å². The van der Waals surface area contributed by atoms with Crippen molar-refractivity contribution in [2.24, 2.45) is 0 Å². The fourth-order valence-electron chi connectivity index (χ4n) is 4.05. The Kier molecular flexibility index (Phi) is 24.7. The number of rotatable bonds is 25. The predicted octanol–water partition coefficient (Wildman–Crippen LogP) is 2.20.